The Morgan fingerprint density at radius 1 is 1.28 bits per heavy atom. The van der Waals surface area contributed by atoms with Crippen molar-refractivity contribution in [2.75, 3.05) is 31.1 Å². The van der Waals surface area contributed by atoms with Crippen molar-refractivity contribution < 1.29 is 9.21 Å². The Morgan fingerprint density at radius 2 is 2.06 bits per heavy atom. The van der Waals surface area contributed by atoms with Gasteiger partial charge in [0.25, 0.3) is 0 Å². The molecule has 0 amide bonds. The Hall–Kier alpha value is -1.81. The van der Waals surface area contributed by atoms with Gasteiger partial charge < -0.3 is 14.6 Å². The fraction of sp³-hybridized carbons (Fsp3) is 0.357. The zero-order chi connectivity index (χ0) is 12.5. The van der Waals surface area contributed by atoms with Gasteiger partial charge in [0.05, 0.1) is 0 Å². The van der Waals surface area contributed by atoms with Gasteiger partial charge >= 0.3 is 0 Å². The molecular formula is C14H16N2O2. The first-order valence-corrected chi connectivity index (χ1v) is 6.24. The molecule has 94 valence electrons. The number of hydrogen-bond donors (Lipinski definition) is 1. The normalized spacial score (nSPS) is 16.2. The molecule has 1 saturated heterocycles. The number of carbonyl (C=O) groups is 1. The van der Waals surface area contributed by atoms with E-state index in [2.05, 4.69) is 16.3 Å². The van der Waals surface area contributed by atoms with Crippen molar-refractivity contribution >= 4 is 22.4 Å². The number of carbonyl (C=O) groups excluding carboxylic acids is 1. The third-order valence-electron chi connectivity index (χ3n) is 3.33. The number of furan rings is 1. The monoisotopic (exact) mass is 244 g/mol. The van der Waals surface area contributed by atoms with Gasteiger partial charge in [0.2, 0.25) is 0 Å². The van der Waals surface area contributed by atoms with Crippen molar-refractivity contribution in [2.45, 2.75) is 6.92 Å². The van der Waals surface area contributed by atoms with Crippen molar-refractivity contribution in [2.24, 2.45) is 0 Å². The second-order valence-electron chi connectivity index (χ2n) is 4.63. The first kappa shape index (κ1) is 11.3. The number of benzene rings is 1. The summed E-state index contributed by atoms with van der Waals surface area (Å²) >= 11 is 0. The maximum atomic E-state index is 11.3. The van der Waals surface area contributed by atoms with Crippen LogP contribution in [0.3, 0.4) is 0 Å². The van der Waals surface area contributed by atoms with Gasteiger partial charge in [-0.25, -0.2) is 0 Å². The molecule has 1 aliphatic heterocycles. The summed E-state index contributed by atoms with van der Waals surface area (Å²) in [4.78, 5) is 13.6. The molecule has 0 aliphatic carbocycles. The molecule has 0 radical (unpaired) electrons. The van der Waals surface area contributed by atoms with Crippen LogP contribution >= 0.6 is 0 Å². The number of rotatable bonds is 2. The summed E-state index contributed by atoms with van der Waals surface area (Å²) in [6.07, 6.45) is 0. The lowest BCUT2D eigenvalue weighted by Gasteiger charge is -2.29. The van der Waals surface area contributed by atoms with Crippen LogP contribution in [0, 0.1) is 0 Å². The highest BCUT2D eigenvalue weighted by Crippen LogP contribution is 2.25. The summed E-state index contributed by atoms with van der Waals surface area (Å²) in [6, 6.07) is 7.93. The molecule has 2 aromatic rings. The maximum absolute atomic E-state index is 11.3. The zero-order valence-electron chi connectivity index (χ0n) is 10.4. The van der Waals surface area contributed by atoms with Crippen LogP contribution in [0.2, 0.25) is 0 Å². The second-order valence-corrected chi connectivity index (χ2v) is 4.63. The van der Waals surface area contributed by atoms with Crippen molar-refractivity contribution in [1.29, 1.82) is 0 Å². The van der Waals surface area contributed by atoms with Gasteiger partial charge in [0.15, 0.2) is 11.5 Å². The fourth-order valence-electron chi connectivity index (χ4n) is 2.31. The smallest absolute Gasteiger partial charge is 0.194 e. The number of Topliss-reactive ketones (excluding diaryl/α,β-unsaturated/α-hetero) is 1. The first-order valence-electron chi connectivity index (χ1n) is 6.24. The van der Waals surface area contributed by atoms with Crippen LogP contribution < -0.4 is 10.2 Å². The molecule has 1 aromatic carbocycles. The number of hydrogen-bond acceptors (Lipinski definition) is 4. The Kier molecular flexibility index (Phi) is 2.80. The molecule has 1 aliphatic rings. The zero-order valence-corrected chi connectivity index (χ0v) is 10.4. The van der Waals surface area contributed by atoms with E-state index in [0.717, 1.165) is 42.8 Å². The summed E-state index contributed by atoms with van der Waals surface area (Å²) in [6.45, 7) is 5.55. The molecule has 1 fully saturated rings. The van der Waals surface area contributed by atoms with Crippen LogP contribution in [0.1, 0.15) is 17.5 Å². The fourth-order valence-corrected chi connectivity index (χ4v) is 2.31. The van der Waals surface area contributed by atoms with Crippen molar-refractivity contribution in [3.8, 4) is 0 Å². The summed E-state index contributed by atoms with van der Waals surface area (Å²) in [7, 11) is 0. The van der Waals surface area contributed by atoms with E-state index in [1.54, 1.807) is 6.07 Å². The number of fused-ring (bicyclic) bond motifs is 1. The lowest BCUT2D eigenvalue weighted by atomic mass is 10.2. The molecule has 18 heavy (non-hydrogen) atoms. The molecular weight excluding hydrogens is 228 g/mol. The van der Waals surface area contributed by atoms with Gasteiger partial charge in [0, 0.05) is 50.2 Å². The molecule has 4 heteroatoms. The van der Waals surface area contributed by atoms with E-state index in [-0.39, 0.29) is 5.78 Å². The van der Waals surface area contributed by atoms with Crippen LogP contribution in [0.4, 0.5) is 5.69 Å². The average Bonchev–Trinajstić information content (AvgIpc) is 2.82. The molecule has 4 nitrogen and oxygen atoms in total. The van der Waals surface area contributed by atoms with Gasteiger partial charge in [0.1, 0.15) is 5.58 Å². The Morgan fingerprint density at radius 3 is 2.78 bits per heavy atom. The number of nitrogens with one attached hydrogen (secondary N) is 1. The van der Waals surface area contributed by atoms with Crippen molar-refractivity contribution in [1.82, 2.24) is 5.32 Å². The van der Waals surface area contributed by atoms with E-state index >= 15 is 0 Å². The summed E-state index contributed by atoms with van der Waals surface area (Å²) in [5.74, 6) is 0.400. The molecule has 0 unspecified atom stereocenters. The minimum absolute atomic E-state index is 0.0325. The molecule has 2 heterocycles. The molecule has 0 atom stereocenters. The molecule has 0 saturated carbocycles. The number of anilines is 1. The predicted octanol–water partition coefficient (Wildman–Crippen LogP) is 2.04. The van der Waals surface area contributed by atoms with E-state index in [1.807, 2.05) is 12.1 Å². The summed E-state index contributed by atoms with van der Waals surface area (Å²) < 4.78 is 5.57. The topological polar surface area (TPSA) is 45.5 Å². The van der Waals surface area contributed by atoms with Gasteiger partial charge in [-0.05, 0) is 18.2 Å². The van der Waals surface area contributed by atoms with E-state index in [9.17, 15) is 4.79 Å². The molecule has 0 spiro atoms. The first-order chi connectivity index (χ1) is 8.74. The van der Waals surface area contributed by atoms with Gasteiger partial charge in [-0.1, -0.05) is 0 Å². The highest BCUT2D eigenvalue weighted by molar-refractivity contribution is 5.96. The Bertz CT molecular complexity index is 582. The standard InChI is InChI=1S/C14H16N2O2/c1-10(17)13-8-11-2-3-12(9-14(11)18-13)16-6-4-15-5-7-16/h2-3,8-9,15H,4-7H2,1H3. The largest absolute Gasteiger partial charge is 0.453 e. The maximum Gasteiger partial charge on any atom is 0.194 e. The Balaban J connectivity index is 1.96. The third kappa shape index (κ3) is 1.99. The minimum atomic E-state index is -0.0325. The summed E-state index contributed by atoms with van der Waals surface area (Å²) in [5.41, 5.74) is 1.95. The quantitative estimate of drug-likeness (QED) is 0.821. The van der Waals surface area contributed by atoms with Gasteiger partial charge in [-0.3, -0.25) is 4.79 Å². The number of ketones is 1. The second kappa shape index (κ2) is 4.46. The number of piperazine rings is 1. The van der Waals surface area contributed by atoms with Crippen LogP contribution in [0.25, 0.3) is 11.0 Å². The lowest BCUT2D eigenvalue weighted by molar-refractivity contribution is 0.0989. The van der Waals surface area contributed by atoms with Gasteiger partial charge in [-0.15, -0.1) is 0 Å². The predicted molar refractivity (Wildman–Crippen MR) is 71.3 cm³/mol. The molecule has 3 rings (SSSR count). The van der Waals surface area contributed by atoms with Crippen LogP contribution in [0.15, 0.2) is 28.7 Å². The molecule has 1 N–H and O–H groups in total. The molecule has 1 aromatic heterocycles. The van der Waals surface area contributed by atoms with E-state index < -0.39 is 0 Å². The van der Waals surface area contributed by atoms with Crippen molar-refractivity contribution in [3.05, 3.63) is 30.0 Å². The average molecular weight is 244 g/mol. The highest BCUT2D eigenvalue weighted by Gasteiger charge is 2.13. The van der Waals surface area contributed by atoms with Crippen LogP contribution in [-0.2, 0) is 0 Å². The van der Waals surface area contributed by atoms with Crippen LogP contribution in [-0.4, -0.2) is 32.0 Å². The van der Waals surface area contributed by atoms with E-state index in [1.165, 1.54) is 6.92 Å². The SMILES string of the molecule is CC(=O)c1cc2ccc(N3CCNCC3)cc2o1. The van der Waals surface area contributed by atoms with Gasteiger partial charge in [-0.2, -0.15) is 0 Å². The van der Waals surface area contributed by atoms with Crippen LogP contribution in [0.5, 0.6) is 0 Å². The highest BCUT2D eigenvalue weighted by atomic mass is 16.3. The van der Waals surface area contributed by atoms with E-state index in [0.29, 0.717) is 5.76 Å². The van der Waals surface area contributed by atoms with E-state index in [4.69, 9.17) is 4.42 Å². The van der Waals surface area contributed by atoms with Crippen molar-refractivity contribution in [3.63, 3.8) is 0 Å². The summed E-state index contributed by atoms with van der Waals surface area (Å²) in [5, 5.41) is 4.32. The Labute approximate surface area is 106 Å². The third-order valence-corrected chi connectivity index (χ3v) is 3.33. The lowest BCUT2D eigenvalue weighted by Crippen LogP contribution is -2.43. The number of nitrogens with zero attached hydrogens (tertiary/aromatic N) is 1. The minimum Gasteiger partial charge on any atom is -0.453 e. The molecule has 0 bridgehead atoms.